The molecule has 90 valence electrons. The van der Waals surface area contributed by atoms with Gasteiger partial charge in [0, 0.05) is 12.7 Å². The average molecular weight is 211 g/mol. The highest BCUT2D eigenvalue weighted by atomic mass is 14.8. The monoisotopic (exact) mass is 211 g/mol. The highest BCUT2D eigenvalue weighted by molar-refractivity contribution is 5.29. The van der Waals surface area contributed by atoms with Crippen molar-refractivity contribution in [3.05, 3.63) is 36.1 Å². The molecule has 0 fully saturated rings. The summed E-state index contributed by atoms with van der Waals surface area (Å²) in [4.78, 5) is 0. The SMILES string of the molecule is C=CC/C(C)=C(/C)C(=C)NC.CC.CC. The molecule has 0 radical (unpaired) electrons. The maximum Gasteiger partial charge on any atom is 0.0293 e. The van der Waals surface area contributed by atoms with E-state index in [1.54, 1.807) is 0 Å². The van der Waals surface area contributed by atoms with Crippen LogP contribution in [-0.4, -0.2) is 7.05 Å². The summed E-state index contributed by atoms with van der Waals surface area (Å²) in [6, 6.07) is 0. The smallest absolute Gasteiger partial charge is 0.0293 e. The molecule has 0 atom stereocenters. The molecule has 0 aromatic rings. The zero-order valence-corrected chi connectivity index (χ0v) is 11.7. The van der Waals surface area contributed by atoms with E-state index in [4.69, 9.17) is 0 Å². The van der Waals surface area contributed by atoms with Gasteiger partial charge in [0.25, 0.3) is 0 Å². The van der Waals surface area contributed by atoms with Gasteiger partial charge in [0.1, 0.15) is 0 Å². The Morgan fingerprint density at radius 2 is 1.53 bits per heavy atom. The maximum absolute atomic E-state index is 3.87. The van der Waals surface area contributed by atoms with Crippen LogP contribution in [0.4, 0.5) is 0 Å². The van der Waals surface area contributed by atoms with Gasteiger partial charge in [-0.2, -0.15) is 0 Å². The standard InChI is InChI=1S/C10H17N.2C2H6/c1-6-7-8(2)9(3)10(4)11-5;2*1-2/h6,11H,1,4,7H2,2-3,5H3;2*1-2H3/b9-8-;;. The lowest BCUT2D eigenvalue weighted by Crippen LogP contribution is -2.06. The summed E-state index contributed by atoms with van der Waals surface area (Å²) >= 11 is 0. The molecule has 0 aromatic carbocycles. The summed E-state index contributed by atoms with van der Waals surface area (Å²) < 4.78 is 0. The van der Waals surface area contributed by atoms with Crippen LogP contribution in [0.25, 0.3) is 0 Å². The van der Waals surface area contributed by atoms with E-state index in [1.165, 1.54) is 11.1 Å². The number of rotatable bonds is 4. The molecule has 0 aliphatic rings. The third-order valence-corrected chi connectivity index (χ3v) is 1.85. The van der Waals surface area contributed by atoms with Crippen molar-refractivity contribution in [1.29, 1.82) is 0 Å². The van der Waals surface area contributed by atoms with Gasteiger partial charge < -0.3 is 5.32 Å². The molecular weight excluding hydrogens is 182 g/mol. The summed E-state index contributed by atoms with van der Waals surface area (Å²) in [5.74, 6) is 0. The summed E-state index contributed by atoms with van der Waals surface area (Å²) in [5, 5.41) is 3.02. The van der Waals surface area contributed by atoms with E-state index in [2.05, 4.69) is 32.3 Å². The predicted octanol–water partition coefficient (Wildman–Crippen LogP) is 4.68. The van der Waals surface area contributed by atoms with Crippen molar-refractivity contribution < 1.29 is 0 Å². The quantitative estimate of drug-likeness (QED) is 0.525. The minimum atomic E-state index is 0.937. The van der Waals surface area contributed by atoms with Crippen molar-refractivity contribution >= 4 is 0 Å². The minimum absolute atomic E-state index is 0.937. The lowest BCUT2D eigenvalue weighted by atomic mass is 10.1. The van der Waals surface area contributed by atoms with Crippen molar-refractivity contribution in [3.8, 4) is 0 Å². The summed E-state index contributed by atoms with van der Waals surface area (Å²) in [6.45, 7) is 19.7. The van der Waals surface area contributed by atoms with Gasteiger partial charge in [0.15, 0.2) is 0 Å². The van der Waals surface area contributed by atoms with Crippen molar-refractivity contribution in [1.82, 2.24) is 5.32 Å². The summed E-state index contributed by atoms with van der Waals surface area (Å²) in [7, 11) is 1.88. The van der Waals surface area contributed by atoms with E-state index in [0.29, 0.717) is 0 Å². The van der Waals surface area contributed by atoms with Crippen LogP contribution in [0.15, 0.2) is 36.1 Å². The van der Waals surface area contributed by atoms with Crippen LogP contribution in [0, 0.1) is 0 Å². The predicted molar refractivity (Wildman–Crippen MR) is 74.1 cm³/mol. The fourth-order valence-corrected chi connectivity index (χ4v) is 0.815. The zero-order chi connectivity index (χ0) is 12.9. The van der Waals surface area contributed by atoms with E-state index in [-0.39, 0.29) is 0 Å². The fraction of sp³-hybridized carbons (Fsp3) is 0.571. The number of likely N-dealkylation sites (N-methyl/N-ethyl adjacent to an activating group) is 1. The number of nitrogens with one attached hydrogen (secondary N) is 1. The van der Waals surface area contributed by atoms with Crippen LogP contribution >= 0.6 is 0 Å². The van der Waals surface area contributed by atoms with Gasteiger partial charge in [-0.1, -0.05) is 45.9 Å². The Hall–Kier alpha value is -0.980. The molecule has 0 aliphatic carbocycles. The molecule has 0 saturated heterocycles. The number of hydrogen-bond acceptors (Lipinski definition) is 1. The highest BCUT2D eigenvalue weighted by Crippen LogP contribution is 2.12. The first-order valence-corrected chi connectivity index (χ1v) is 5.77. The van der Waals surface area contributed by atoms with Crippen molar-refractivity contribution in [2.75, 3.05) is 7.05 Å². The molecule has 0 rings (SSSR count). The van der Waals surface area contributed by atoms with Gasteiger partial charge in [-0.15, -0.1) is 6.58 Å². The molecule has 0 heterocycles. The second-order valence-corrected chi connectivity index (χ2v) is 2.63. The third-order valence-electron chi connectivity index (χ3n) is 1.85. The molecule has 0 aromatic heterocycles. The Morgan fingerprint density at radius 3 is 1.80 bits per heavy atom. The van der Waals surface area contributed by atoms with Crippen molar-refractivity contribution in [2.45, 2.75) is 48.0 Å². The van der Waals surface area contributed by atoms with Gasteiger partial charge in [-0.3, -0.25) is 0 Å². The molecule has 0 aliphatic heterocycles. The van der Waals surface area contributed by atoms with Crippen LogP contribution in [-0.2, 0) is 0 Å². The Labute approximate surface area is 97.0 Å². The Balaban J connectivity index is -0.000000318. The van der Waals surface area contributed by atoms with Crippen LogP contribution < -0.4 is 5.32 Å². The topological polar surface area (TPSA) is 12.0 Å². The first kappa shape index (κ1) is 19.6. The van der Waals surface area contributed by atoms with Gasteiger partial charge in [-0.25, -0.2) is 0 Å². The third kappa shape index (κ3) is 10.9. The van der Waals surface area contributed by atoms with Gasteiger partial charge >= 0.3 is 0 Å². The van der Waals surface area contributed by atoms with Crippen molar-refractivity contribution in [3.63, 3.8) is 0 Å². The molecule has 0 bridgehead atoms. The first-order valence-electron chi connectivity index (χ1n) is 5.77. The first-order chi connectivity index (χ1) is 7.13. The van der Waals surface area contributed by atoms with Crippen LogP contribution in [0.5, 0.6) is 0 Å². The van der Waals surface area contributed by atoms with E-state index >= 15 is 0 Å². The molecular formula is C14H29N. The molecule has 1 heteroatoms. The van der Waals surface area contributed by atoms with Gasteiger partial charge in [-0.05, 0) is 25.8 Å². The maximum atomic E-state index is 3.87. The zero-order valence-electron chi connectivity index (χ0n) is 11.7. The fourth-order valence-electron chi connectivity index (χ4n) is 0.815. The lowest BCUT2D eigenvalue weighted by molar-refractivity contribution is 0.982. The number of hydrogen-bond donors (Lipinski definition) is 1. The average Bonchev–Trinajstić information content (AvgIpc) is 2.32. The molecule has 1 nitrogen and oxygen atoms in total. The molecule has 0 amide bonds. The van der Waals surface area contributed by atoms with E-state index in [1.807, 2.05) is 40.8 Å². The Bertz CT molecular complexity index is 188. The summed E-state index contributed by atoms with van der Waals surface area (Å²) in [5.41, 5.74) is 3.54. The van der Waals surface area contributed by atoms with Gasteiger partial charge in [0.2, 0.25) is 0 Å². The Morgan fingerprint density at radius 1 is 1.13 bits per heavy atom. The Kier molecular flexibility index (Phi) is 20.2. The minimum Gasteiger partial charge on any atom is -0.388 e. The summed E-state index contributed by atoms with van der Waals surface area (Å²) in [6.07, 6.45) is 2.84. The van der Waals surface area contributed by atoms with E-state index in [0.717, 1.165) is 12.1 Å². The lowest BCUT2D eigenvalue weighted by Gasteiger charge is -2.08. The van der Waals surface area contributed by atoms with Crippen molar-refractivity contribution in [2.24, 2.45) is 0 Å². The van der Waals surface area contributed by atoms with Crippen LogP contribution in [0.3, 0.4) is 0 Å². The second-order valence-electron chi connectivity index (χ2n) is 2.63. The molecule has 15 heavy (non-hydrogen) atoms. The van der Waals surface area contributed by atoms with Gasteiger partial charge in [0.05, 0.1) is 0 Å². The molecule has 0 unspecified atom stereocenters. The largest absolute Gasteiger partial charge is 0.388 e. The number of allylic oxidation sites excluding steroid dienone is 3. The second kappa shape index (κ2) is 15.5. The normalized spacial score (nSPS) is 9.53. The molecule has 0 spiro atoms. The van der Waals surface area contributed by atoms with Crippen LogP contribution in [0.2, 0.25) is 0 Å². The molecule has 0 saturated carbocycles. The van der Waals surface area contributed by atoms with E-state index < -0.39 is 0 Å². The van der Waals surface area contributed by atoms with Crippen LogP contribution in [0.1, 0.15) is 48.0 Å². The van der Waals surface area contributed by atoms with E-state index in [9.17, 15) is 0 Å². The molecule has 1 N–H and O–H groups in total. The highest BCUT2D eigenvalue weighted by Gasteiger charge is 1.96.